The predicted molar refractivity (Wildman–Crippen MR) is 58.4 cm³/mol. The Morgan fingerprint density at radius 2 is 1.87 bits per heavy atom. The fraction of sp³-hybridized carbons (Fsp3) is 1.00. The maximum absolute atomic E-state index is 10.8. The van der Waals surface area contributed by atoms with Crippen LogP contribution in [0.5, 0.6) is 0 Å². The normalized spacial score (nSPS) is 54.8. The topological polar surface area (TPSA) is 40.5 Å². The van der Waals surface area contributed by atoms with Gasteiger partial charge in [0.1, 0.15) is 0 Å². The van der Waals surface area contributed by atoms with E-state index in [4.69, 9.17) is 0 Å². The molecule has 2 N–H and O–H groups in total. The molecular weight excluding hydrogens is 188 g/mol. The van der Waals surface area contributed by atoms with Crippen LogP contribution in [0.25, 0.3) is 0 Å². The third-order valence-corrected chi connectivity index (χ3v) is 5.30. The minimum atomic E-state index is -0.505. The quantitative estimate of drug-likeness (QED) is 0.642. The van der Waals surface area contributed by atoms with E-state index in [0.717, 1.165) is 25.7 Å². The van der Waals surface area contributed by atoms with Crippen molar-refractivity contribution < 1.29 is 10.2 Å². The van der Waals surface area contributed by atoms with Crippen LogP contribution < -0.4 is 0 Å². The highest BCUT2D eigenvalue weighted by atomic mass is 16.3. The first-order chi connectivity index (χ1) is 7.22. The molecule has 2 heteroatoms. The van der Waals surface area contributed by atoms with Gasteiger partial charge in [-0.15, -0.1) is 0 Å². The summed E-state index contributed by atoms with van der Waals surface area (Å²) < 4.78 is 0. The van der Waals surface area contributed by atoms with Crippen LogP contribution >= 0.6 is 0 Å². The van der Waals surface area contributed by atoms with E-state index in [1.54, 1.807) is 0 Å². The lowest BCUT2D eigenvalue weighted by Gasteiger charge is -2.55. The minimum absolute atomic E-state index is 0.190. The smallest absolute Gasteiger partial charge is 0.0728 e. The molecule has 0 unspecified atom stereocenters. The van der Waals surface area contributed by atoms with Gasteiger partial charge in [-0.25, -0.2) is 0 Å². The lowest BCUT2D eigenvalue weighted by Crippen LogP contribution is -2.59. The lowest BCUT2D eigenvalue weighted by molar-refractivity contribution is -0.191. The van der Waals surface area contributed by atoms with Crippen LogP contribution in [0.3, 0.4) is 0 Å². The second kappa shape index (κ2) is 3.46. The summed E-state index contributed by atoms with van der Waals surface area (Å²) in [5.74, 6) is 1.17. The van der Waals surface area contributed by atoms with Crippen LogP contribution in [-0.4, -0.2) is 21.9 Å². The van der Waals surface area contributed by atoms with Crippen molar-refractivity contribution >= 4 is 0 Å². The Morgan fingerprint density at radius 1 is 1.00 bits per heavy atom. The molecule has 3 saturated carbocycles. The van der Waals surface area contributed by atoms with Gasteiger partial charge >= 0.3 is 0 Å². The van der Waals surface area contributed by atoms with E-state index < -0.39 is 5.60 Å². The number of aliphatic hydroxyl groups is 2. The van der Waals surface area contributed by atoms with Gasteiger partial charge in [0.2, 0.25) is 0 Å². The molecule has 3 rings (SSSR count). The van der Waals surface area contributed by atoms with Crippen LogP contribution in [0.4, 0.5) is 0 Å². The fourth-order valence-electron chi connectivity index (χ4n) is 4.50. The van der Waals surface area contributed by atoms with Gasteiger partial charge in [0.25, 0.3) is 0 Å². The second-order valence-electron chi connectivity index (χ2n) is 5.96. The number of aliphatic hydroxyl groups excluding tert-OH is 1. The molecule has 0 amide bonds. The molecule has 0 radical (unpaired) electrons. The van der Waals surface area contributed by atoms with Crippen LogP contribution in [0, 0.1) is 17.8 Å². The Morgan fingerprint density at radius 3 is 2.73 bits per heavy atom. The van der Waals surface area contributed by atoms with Gasteiger partial charge in [-0.2, -0.15) is 0 Å². The molecule has 0 saturated heterocycles. The Balaban J connectivity index is 1.90. The standard InChI is InChI=1S/C13H22O2/c14-12-9-4-3-6-11(12)13(15)7-2-1-5-10(13)8-9/h9-12,14-15H,1-8H2/t9-,10-,11+,12+,13-/m0/s1. The molecule has 0 aliphatic heterocycles. The summed E-state index contributed by atoms with van der Waals surface area (Å²) in [4.78, 5) is 0. The molecular formula is C13H22O2. The summed E-state index contributed by atoms with van der Waals surface area (Å²) in [7, 11) is 0. The zero-order chi connectivity index (χ0) is 10.5. The first-order valence-corrected chi connectivity index (χ1v) is 6.62. The summed E-state index contributed by atoms with van der Waals surface area (Å²) in [5, 5.41) is 21.0. The van der Waals surface area contributed by atoms with Crippen molar-refractivity contribution in [2.75, 3.05) is 0 Å². The maximum atomic E-state index is 10.8. The van der Waals surface area contributed by atoms with Gasteiger partial charge in [-0.1, -0.05) is 19.3 Å². The first kappa shape index (κ1) is 10.1. The van der Waals surface area contributed by atoms with E-state index in [0.29, 0.717) is 11.8 Å². The third-order valence-electron chi connectivity index (χ3n) is 5.30. The van der Waals surface area contributed by atoms with E-state index in [2.05, 4.69) is 0 Å². The molecule has 86 valence electrons. The average Bonchev–Trinajstić information content (AvgIpc) is 2.21. The number of rotatable bonds is 0. The van der Waals surface area contributed by atoms with Crippen molar-refractivity contribution in [2.24, 2.45) is 17.8 Å². The SMILES string of the molecule is O[C@@H]1[C@H]2CCC[C@H]1[C@]1(O)CCCC[C@H]1C2. The van der Waals surface area contributed by atoms with E-state index >= 15 is 0 Å². The maximum Gasteiger partial charge on any atom is 0.0728 e. The van der Waals surface area contributed by atoms with Gasteiger partial charge in [0, 0.05) is 5.92 Å². The average molecular weight is 210 g/mol. The van der Waals surface area contributed by atoms with Crippen molar-refractivity contribution in [2.45, 2.75) is 63.1 Å². The molecule has 0 aromatic rings. The van der Waals surface area contributed by atoms with Crippen LogP contribution in [0.2, 0.25) is 0 Å². The van der Waals surface area contributed by atoms with Crippen molar-refractivity contribution in [3.63, 3.8) is 0 Å². The Kier molecular flexibility index (Phi) is 2.33. The lowest BCUT2D eigenvalue weighted by atomic mass is 9.54. The highest BCUT2D eigenvalue weighted by molar-refractivity contribution is 5.05. The van der Waals surface area contributed by atoms with Gasteiger partial charge in [-0.05, 0) is 43.9 Å². The first-order valence-electron chi connectivity index (χ1n) is 6.62. The summed E-state index contributed by atoms with van der Waals surface area (Å²) in [6, 6.07) is 0. The molecule has 2 nitrogen and oxygen atoms in total. The molecule has 15 heavy (non-hydrogen) atoms. The minimum Gasteiger partial charge on any atom is -0.392 e. The third kappa shape index (κ3) is 1.38. The molecule has 0 aromatic carbocycles. The van der Waals surface area contributed by atoms with Gasteiger partial charge < -0.3 is 10.2 Å². The van der Waals surface area contributed by atoms with Crippen LogP contribution in [0.1, 0.15) is 51.4 Å². The van der Waals surface area contributed by atoms with Crippen molar-refractivity contribution in [1.82, 2.24) is 0 Å². The van der Waals surface area contributed by atoms with Crippen molar-refractivity contribution in [3.8, 4) is 0 Å². The van der Waals surface area contributed by atoms with Crippen LogP contribution in [-0.2, 0) is 0 Å². The molecule has 0 spiro atoms. The predicted octanol–water partition coefficient (Wildman–Crippen LogP) is 2.09. The monoisotopic (exact) mass is 210 g/mol. The second-order valence-corrected chi connectivity index (χ2v) is 5.96. The van der Waals surface area contributed by atoms with E-state index in [1.165, 1.54) is 25.7 Å². The number of hydrogen-bond acceptors (Lipinski definition) is 2. The highest BCUT2D eigenvalue weighted by Gasteiger charge is 2.54. The number of fused-ring (bicyclic) bond motifs is 4. The zero-order valence-corrected chi connectivity index (χ0v) is 9.36. The largest absolute Gasteiger partial charge is 0.392 e. The Hall–Kier alpha value is -0.0800. The molecule has 0 heterocycles. The van der Waals surface area contributed by atoms with Crippen molar-refractivity contribution in [3.05, 3.63) is 0 Å². The molecule has 2 bridgehead atoms. The molecule has 5 atom stereocenters. The molecule has 3 aliphatic carbocycles. The van der Waals surface area contributed by atoms with Gasteiger partial charge in [-0.3, -0.25) is 0 Å². The summed E-state index contributed by atoms with van der Waals surface area (Å²) in [5.41, 5.74) is -0.505. The Labute approximate surface area is 91.7 Å². The zero-order valence-electron chi connectivity index (χ0n) is 9.36. The highest BCUT2D eigenvalue weighted by Crippen LogP contribution is 2.53. The Bertz CT molecular complexity index is 253. The van der Waals surface area contributed by atoms with Crippen LogP contribution in [0.15, 0.2) is 0 Å². The molecule has 3 aliphatic rings. The summed E-state index contributed by atoms with van der Waals surface area (Å²) in [6.45, 7) is 0. The van der Waals surface area contributed by atoms with E-state index in [1.807, 2.05) is 0 Å². The van der Waals surface area contributed by atoms with E-state index in [-0.39, 0.29) is 12.0 Å². The summed E-state index contributed by atoms with van der Waals surface area (Å²) in [6.07, 6.45) is 8.87. The molecule has 0 aromatic heterocycles. The fourth-order valence-corrected chi connectivity index (χ4v) is 4.50. The molecule has 3 fully saturated rings. The number of hydrogen-bond donors (Lipinski definition) is 2. The summed E-state index contributed by atoms with van der Waals surface area (Å²) >= 11 is 0. The van der Waals surface area contributed by atoms with Crippen molar-refractivity contribution in [1.29, 1.82) is 0 Å². The van der Waals surface area contributed by atoms with E-state index in [9.17, 15) is 10.2 Å². The van der Waals surface area contributed by atoms with Gasteiger partial charge in [0.05, 0.1) is 11.7 Å². The van der Waals surface area contributed by atoms with Gasteiger partial charge in [0.15, 0.2) is 0 Å².